The van der Waals surface area contributed by atoms with Crippen molar-refractivity contribution in [2.24, 2.45) is 0 Å². The number of ether oxygens (including phenoxy) is 1. The lowest BCUT2D eigenvalue weighted by molar-refractivity contribution is -0.159. The zero-order valence-electron chi connectivity index (χ0n) is 20.1. The first-order chi connectivity index (χ1) is 18.0. The number of hydrogen-bond acceptors (Lipinski definition) is 5. The number of aryl methyl sites for hydroxylation is 1. The molecule has 4 rings (SSSR count). The lowest BCUT2D eigenvalue weighted by Gasteiger charge is -2.17. The van der Waals surface area contributed by atoms with E-state index in [0.29, 0.717) is 23.6 Å². The minimum atomic E-state index is -5.56. The lowest BCUT2D eigenvalue weighted by Crippen LogP contribution is -2.38. The van der Waals surface area contributed by atoms with Crippen molar-refractivity contribution in [2.75, 3.05) is 0 Å². The molecule has 210 valence electrons. The van der Waals surface area contributed by atoms with Gasteiger partial charge in [0.25, 0.3) is 0 Å². The molecular formula is C25H21F6NO5S2. The monoisotopic (exact) mass is 593 g/mol. The first-order valence-electron chi connectivity index (χ1n) is 11.4. The van der Waals surface area contributed by atoms with Crippen LogP contribution in [0.25, 0.3) is 0 Å². The van der Waals surface area contributed by atoms with Crippen LogP contribution < -0.4 is 9.46 Å². The van der Waals surface area contributed by atoms with Crippen LogP contribution in [0, 0.1) is 5.82 Å². The van der Waals surface area contributed by atoms with Gasteiger partial charge in [-0.25, -0.2) is 21.2 Å². The second kappa shape index (κ2) is 10.1. The number of rotatable bonds is 8. The summed E-state index contributed by atoms with van der Waals surface area (Å²) in [5.41, 5.74) is -3.93. The van der Waals surface area contributed by atoms with Gasteiger partial charge in [0.15, 0.2) is 0 Å². The van der Waals surface area contributed by atoms with E-state index in [9.17, 15) is 43.2 Å². The molecule has 14 heteroatoms. The third-order valence-electron chi connectivity index (χ3n) is 6.03. The summed E-state index contributed by atoms with van der Waals surface area (Å²) in [5, 5.41) is 0. The van der Waals surface area contributed by atoms with Gasteiger partial charge in [-0.3, -0.25) is 0 Å². The van der Waals surface area contributed by atoms with Crippen LogP contribution >= 0.6 is 0 Å². The van der Waals surface area contributed by atoms with Crippen molar-refractivity contribution in [1.82, 2.24) is 4.72 Å². The summed E-state index contributed by atoms with van der Waals surface area (Å²) in [6, 6.07) is 11.3. The van der Waals surface area contributed by atoms with Gasteiger partial charge in [-0.2, -0.15) is 26.7 Å². The molecule has 3 aromatic rings. The van der Waals surface area contributed by atoms with E-state index in [0.717, 1.165) is 24.3 Å². The standard InChI is InChI=1S/C25H21F6NO5S2/c1-24(27,28)37-18-9-7-17(23(14-18)38(33,34)22-5-3-2-4-20(22)26)13-15-6-10-19-16(12-15)8-11-21(19)32-39(35,36)25(29,30)31/h2-7,9-10,12,14,21,32H,8,11,13H2,1H3. The molecule has 0 aromatic heterocycles. The fourth-order valence-electron chi connectivity index (χ4n) is 4.36. The summed E-state index contributed by atoms with van der Waals surface area (Å²) in [5.74, 6) is -1.50. The molecule has 0 radical (unpaired) electrons. The quantitative estimate of drug-likeness (QED) is 0.340. The molecule has 0 heterocycles. The number of nitrogens with one attached hydrogen (secondary N) is 1. The van der Waals surface area contributed by atoms with Crippen molar-refractivity contribution in [1.29, 1.82) is 0 Å². The highest BCUT2D eigenvalue weighted by atomic mass is 32.2. The molecule has 0 aliphatic heterocycles. The molecule has 1 atom stereocenters. The topological polar surface area (TPSA) is 89.5 Å². The third kappa shape index (κ3) is 6.23. The maximum Gasteiger partial charge on any atom is 0.511 e. The molecule has 1 unspecified atom stereocenters. The van der Waals surface area contributed by atoms with E-state index >= 15 is 0 Å². The van der Waals surface area contributed by atoms with E-state index < -0.39 is 58.9 Å². The Morgan fingerprint density at radius 2 is 1.62 bits per heavy atom. The van der Waals surface area contributed by atoms with Crippen molar-refractivity contribution in [3.63, 3.8) is 0 Å². The fourth-order valence-corrected chi connectivity index (χ4v) is 6.69. The van der Waals surface area contributed by atoms with Crippen molar-refractivity contribution in [2.45, 2.75) is 53.6 Å². The molecule has 1 N–H and O–H groups in total. The number of alkyl halides is 5. The summed E-state index contributed by atoms with van der Waals surface area (Å²) in [6.07, 6.45) is -3.35. The molecule has 0 fully saturated rings. The Bertz CT molecular complexity index is 1620. The highest BCUT2D eigenvalue weighted by molar-refractivity contribution is 7.91. The van der Waals surface area contributed by atoms with E-state index in [1.165, 1.54) is 30.3 Å². The second-order valence-electron chi connectivity index (χ2n) is 8.98. The first-order valence-corrected chi connectivity index (χ1v) is 14.3. The van der Waals surface area contributed by atoms with Crippen molar-refractivity contribution in [3.05, 3.63) is 88.7 Å². The van der Waals surface area contributed by atoms with Crippen LogP contribution in [0.2, 0.25) is 0 Å². The van der Waals surface area contributed by atoms with Crippen molar-refractivity contribution in [3.8, 4) is 5.75 Å². The van der Waals surface area contributed by atoms with Crippen LogP contribution in [0.15, 0.2) is 70.5 Å². The second-order valence-corrected chi connectivity index (χ2v) is 12.6. The van der Waals surface area contributed by atoms with E-state index in [2.05, 4.69) is 4.74 Å². The zero-order valence-corrected chi connectivity index (χ0v) is 21.7. The number of benzene rings is 3. The highest BCUT2D eigenvalue weighted by Gasteiger charge is 2.47. The van der Waals surface area contributed by atoms with Crippen LogP contribution in [0.4, 0.5) is 26.3 Å². The fraction of sp³-hybridized carbons (Fsp3) is 0.280. The van der Waals surface area contributed by atoms with Gasteiger partial charge < -0.3 is 4.74 Å². The molecule has 6 nitrogen and oxygen atoms in total. The molecule has 39 heavy (non-hydrogen) atoms. The average molecular weight is 594 g/mol. The van der Waals surface area contributed by atoms with E-state index in [4.69, 9.17) is 0 Å². The molecule has 0 saturated carbocycles. The van der Waals surface area contributed by atoms with Crippen molar-refractivity contribution < 1.29 is 47.9 Å². The predicted molar refractivity (Wildman–Crippen MR) is 128 cm³/mol. The maximum absolute atomic E-state index is 14.4. The Hall–Kier alpha value is -3.10. The number of hydrogen-bond donors (Lipinski definition) is 1. The van der Waals surface area contributed by atoms with Gasteiger partial charge in [0, 0.05) is 13.0 Å². The van der Waals surface area contributed by atoms with Crippen LogP contribution in [0.5, 0.6) is 5.75 Å². The molecule has 1 aliphatic carbocycles. The van der Waals surface area contributed by atoms with Gasteiger partial charge in [-0.15, -0.1) is 0 Å². The molecule has 0 bridgehead atoms. The van der Waals surface area contributed by atoms with E-state index in [-0.39, 0.29) is 24.8 Å². The van der Waals surface area contributed by atoms with Gasteiger partial charge in [-0.05, 0) is 65.8 Å². The molecule has 0 amide bonds. The minimum absolute atomic E-state index is 0.0714. The van der Waals surface area contributed by atoms with Gasteiger partial charge in [0.2, 0.25) is 9.84 Å². The largest absolute Gasteiger partial charge is 0.511 e. The summed E-state index contributed by atoms with van der Waals surface area (Å²) < 4.78 is 136. The van der Waals surface area contributed by atoms with Gasteiger partial charge in [0.05, 0.1) is 4.90 Å². The number of sulfone groups is 1. The molecule has 1 aliphatic rings. The predicted octanol–water partition coefficient (Wildman–Crippen LogP) is 5.67. The number of halogens is 6. The molecular weight excluding hydrogens is 572 g/mol. The summed E-state index contributed by atoms with van der Waals surface area (Å²) in [6.45, 7) is 0.471. The highest BCUT2D eigenvalue weighted by Crippen LogP contribution is 2.36. The maximum atomic E-state index is 14.4. The number of sulfonamides is 1. The van der Waals surface area contributed by atoms with Crippen LogP contribution in [-0.2, 0) is 32.7 Å². The van der Waals surface area contributed by atoms with E-state index in [1.54, 1.807) is 10.8 Å². The Morgan fingerprint density at radius 3 is 2.26 bits per heavy atom. The Labute approximate surface area is 220 Å². The Morgan fingerprint density at radius 1 is 0.923 bits per heavy atom. The minimum Gasteiger partial charge on any atom is -0.433 e. The third-order valence-corrected chi connectivity index (χ3v) is 9.11. The normalized spacial score (nSPS) is 16.2. The van der Waals surface area contributed by atoms with Crippen LogP contribution in [0.1, 0.15) is 41.6 Å². The van der Waals surface area contributed by atoms with E-state index in [1.807, 2.05) is 0 Å². The lowest BCUT2D eigenvalue weighted by atomic mass is 10.00. The van der Waals surface area contributed by atoms with Crippen LogP contribution in [0.3, 0.4) is 0 Å². The van der Waals surface area contributed by atoms with Gasteiger partial charge >= 0.3 is 21.6 Å². The SMILES string of the molecule is CC(F)(F)Oc1ccc(Cc2ccc3c(c2)CCC3NS(=O)(=O)C(F)(F)F)c(S(=O)(=O)c2ccccc2F)c1. The number of fused-ring (bicyclic) bond motifs is 1. The van der Waals surface area contributed by atoms with Gasteiger partial charge in [0.1, 0.15) is 16.5 Å². The van der Waals surface area contributed by atoms with Gasteiger partial charge in [-0.1, -0.05) is 36.4 Å². The smallest absolute Gasteiger partial charge is 0.433 e. The molecule has 3 aromatic carbocycles. The molecule has 0 spiro atoms. The summed E-state index contributed by atoms with van der Waals surface area (Å²) in [4.78, 5) is -1.13. The summed E-state index contributed by atoms with van der Waals surface area (Å²) >= 11 is 0. The Balaban J connectivity index is 1.70. The first kappa shape index (κ1) is 28.9. The summed E-state index contributed by atoms with van der Waals surface area (Å²) in [7, 11) is -10.1. The van der Waals surface area contributed by atoms with Crippen LogP contribution in [-0.4, -0.2) is 28.5 Å². The Kier molecular flexibility index (Phi) is 7.51. The zero-order chi connectivity index (χ0) is 28.8. The average Bonchev–Trinajstić information content (AvgIpc) is 3.19. The molecule has 0 saturated heterocycles. The van der Waals surface area contributed by atoms with Crippen molar-refractivity contribution >= 4 is 19.9 Å².